The third-order valence-electron chi connectivity index (χ3n) is 5.22. The van der Waals surface area contributed by atoms with E-state index in [-0.39, 0.29) is 11.6 Å². The summed E-state index contributed by atoms with van der Waals surface area (Å²) in [6.45, 7) is 4.32. The normalized spacial score (nSPS) is 16.0. The molecule has 0 spiro atoms. The lowest BCUT2D eigenvalue weighted by molar-refractivity contribution is 0.0985. The van der Waals surface area contributed by atoms with Gasteiger partial charge in [-0.05, 0) is 57.0 Å². The molecule has 1 fully saturated rings. The SMILES string of the molecule is Cc1cc(C(=O)CNC2CCCCCC2)c(C)n1-c1ccc(F)cc1. The fourth-order valence-electron chi connectivity index (χ4n) is 3.85. The van der Waals surface area contributed by atoms with Gasteiger partial charge in [-0.25, -0.2) is 4.39 Å². The van der Waals surface area contributed by atoms with Gasteiger partial charge in [-0.1, -0.05) is 25.7 Å². The minimum atomic E-state index is -0.255. The Morgan fingerprint density at radius 3 is 2.40 bits per heavy atom. The molecule has 2 aromatic rings. The summed E-state index contributed by atoms with van der Waals surface area (Å²) in [6.07, 6.45) is 7.47. The molecule has 0 bridgehead atoms. The van der Waals surface area contributed by atoms with Gasteiger partial charge in [0.05, 0.1) is 6.54 Å². The first kappa shape index (κ1) is 17.9. The van der Waals surface area contributed by atoms with Gasteiger partial charge in [0.15, 0.2) is 5.78 Å². The molecule has 134 valence electrons. The number of ketones is 1. The summed E-state index contributed by atoms with van der Waals surface area (Å²) in [5, 5.41) is 3.45. The zero-order chi connectivity index (χ0) is 17.8. The molecule has 0 saturated heterocycles. The number of nitrogens with zero attached hydrogens (tertiary/aromatic N) is 1. The molecule has 1 N–H and O–H groups in total. The third kappa shape index (κ3) is 4.18. The van der Waals surface area contributed by atoms with Gasteiger partial charge in [-0.2, -0.15) is 0 Å². The van der Waals surface area contributed by atoms with Gasteiger partial charge in [-0.15, -0.1) is 0 Å². The largest absolute Gasteiger partial charge is 0.318 e. The van der Waals surface area contributed by atoms with Crippen molar-refractivity contribution in [2.45, 2.75) is 58.4 Å². The van der Waals surface area contributed by atoms with Crippen molar-refractivity contribution in [2.75, 3.05) is 6.54 Å². The van der Waals surface area contributed by atoms with Crippen LogP contribution in [0.5, 0.6) is 0 Å². The van der Waals surface area contributed by atoms with Gasteiger partial charge >= 0.3 is 0 Å². The van der Waals surface area contributed by atoms with E-state index in [4.69, 9.17) is 0 Å². The summed E-state index contributed by atoms with van der Waals surface area (Å²) in [5.74, 6) is -0.124. The number of hydrogen-bond donors (Lipinski definition) is 1. The van der Waals surface area contributed by atoms with Gasteiger partial charge in [0.25, 0.3) is 0 Å². The fraction of sp³-hybridized carbons (Fsp3) is 0.476. The van der Waals surface area contributed by atoms with Crippen LogP contribution < -0.4 is 5.32 Å². The molecule has 1 aromatic carbocycles. The van der Waals surface area contributed by atoms with Crippen LogP contribution in [0.4, 0.5) is 4.39 Å². The Morgan fingerprint density at radius 1 is 1.12 bits per heavy atom. The van der Waals surface area contributed by atoms with Crippen molar-refractivity contribution >= 4 is 5.78 Å². The quantitative estimate of drug-likeness (QED) is 0.630. The maximum absolute atomic E-state index is 13.2. The minimum Gasteiger partial charge on any atom is -0.318 e. The van der Waals surface area contributed by atoms with Crippen LogP contribution in [0.3, 0.4) is 0 Å². The standard InChI is InChI=1S/C21H27FN2O/c1-15-13-20(16(2)24(15)19-11-9-17(22)10-12-19)21(25)14-23-18-7-5-3-4-6-8-18/h9-13,18,23H,3-8,14H2,1-2H3. The van der Waals surface area contributed by atoms with Crippen LogP contribution in [0.15, 0.2) is 30.3 Å². The summed E-state index contributed by atoms with van der Waals surface area (Å²) < 4.78 is 15.2. The van der Waals surface area contributed by atoms with Crippen molar-refractivity contribution in [3.8, 4) is 5.69 Å². The van der Waals surface area contributed by atoms with E-state index in [1.807, 2.05) is 24.5 Å². The average Bonchev–Trinajstić information content (AvgIpc) is 2.79. The zero-order valence-electron chi connectivity index (χ0n) is 15.1. The number of aryl methyl sites for hydroxylation is 1. The van der Waals surface area contributed by atoms with Crippen molar-refractivity contribution in [3.63, 3.8) is 0 Å². The highest BCUT2D eigenvalue weighted by molar-refractivity contribution is 5.99. The third-order valence-corrected chi connectivity index (χ3v) is 5.22. The van der Waals surface area contributed by atoms with E-state index in [2.05, 4.69) is 5.32 Å². The zero-order valence-corrected chi connectivity index (χ0v) is 15.1. The molecule has 0 atom stereocenters. The van der Waals surface area contributed by atoms with E-state index >= 15 is 0 Å². The first-order valence-corrected chi connectivity index (χ1v) is 9.27. The van der Waals surface area contributed by atoms with E-state index in [1.165, 1.54) is 50.7 Å². The first-order chi connectivity index (χ1) is 12.1. The topological polar surface area (TPSA) is 34.0 Å². The number of carbonyl (C=O) groups is 1. The van der Waals surface area contributed by atoms with Crippen molar-refractivity contribution in [1.82, 2.24) is 9.88 Å². The van der Waals surface area contributed by atoms with Crippen molar-refractivity contribution in [1.29, 1.82) is 0 Å². The number of hydrogen-bond acceptors (Lipinski definition) is 2. The molecule has 0 unspecified atom stereocenters. The highest BCUT2D eigenvalue weighted by Crippen LogP contribution is 2.22. The molecule has 0 aliphatic heterocycles. The molecule has 1 heterocycles. The molecular weight excluding hydrogens is 315 g/mol. The smallest absolute Gasteiger partial charge is 0.178 e. The van der Waals surface area contributed by atoms with E-state index < -0.39 is 0 Å². The summed E-state index contributed by atoms with van der Waals surface area (Å²) >= 11 is 0. The summed E-state index contributed by atoms with van der Waals surface area (Å²) in [5.41, 5.74) is 3.54. The van der Waals surface area contributed by atoms with Crippen LogP contribution in [-0.4, -0.2) is 22.9 Å². The van der Waals surface area contributed by atoms with Gasteiger partial charge in [0.1, 0.15) is 5.82 Å². The second kappa shape index (κ2) is 7.96. The van der Waals surface area contributed by atoms with Gasteiger partial charge in [0, 0.05) is 28.7 Å². The molecular formula is C21H27FN2O. The molecule has 0 amide bonds. The molecule has 1 aliphatic rings. The second-order valence-electron chi connectivity index (χ2n) is 7.09. The summed E-state index contributed by atoms with van der Waals surface area (Å²) in [6, 6.07) is 8.79. The highest BCUT2D eigenvalue weighted by atomic mass is 19.1. The van der Waals surface area contributed by atoms with Crippen molar-refractivity contribution in [3.05, 3.63) is 53.1 Å². The molecule has 0 radical (unpaired) electrons. The van der Waals surface area contributed by atoms with Crippen molar-refractivity contribution in [2.24, 2.45) is 0 Å². The Balaban J connectivity index is 1.72. The van der Waals surface area contributed by atoms with Crippen LogP contribution in [-0.2, 0) is 0 Å². The number of halogens is 1. The highest BCUT2D eigenvalue weighted by Gasteiger charge is 2.18. The number of rotatable bonds is 5. The molecule has 3 nitrogen and oxygen atoms in total. The Morgan fingerprint density at radius 2 is 1.76 bits per heavy atom. The van der Waals surface area contributed by atoms with E-state index in [0.29, 0.717) is 12.6 Å². The second-order valence-corrected chi connectivity index (χ2v) is 7.09. The molecule has 1 aromatic heterocycles. The Hall–Kier alpha value is -1.94. The van der Waals surface area contributed by atoms with Gasteiger partial charge < -0.3 is 9.88 Å². The predicted octanol–water partition coefficient (Wildman–Crippen LogP) is 4.73. The lowest BCUT2D eigenvalue weighted by Crippen LogP contribution is -2.33. The number of benzene rings is 1. The number of Topliss-reactive ketones (excluding diaryl/α,β-unsaturated/α-hetero) is 1. The average molecular weight is 342 g/mol. The van der Waals surface area contributed by atoms with E-state index in [1.54, 1.807) is 12.1 Å². The lowest BCUT2D eigenvalue weighted by Gasteiger charge is -2.15. The molecule has 4 heteroatoms. The Bertz CT molecular complexity index is 725. The van der Waals surface area contributed by atoms with Gasteiger partial charge in [0.2, 0.25) is 0 Å². The summed E-state index contributed by atoms with van der Waals surface area (Å²) in [7, 11) is 0. The summed E-state index contributed by atoms with van der Waals surface area (Å²) in [4.78, 5) is 12.7. The molecule has 1 saturated carbocycles. The number of nitrogens with one attached hydrogen (secondary N) is 1. The van der Waals surface area contributed by atoms with Crippen LogP contribution >= 0.6 is 0 Å². The molecule has 25 heavy (non-hydrogen) atoms. The minimum absolute atomic E-state index is 0.130. The van der Waals surface area contributed by atoms with Crippen LogP contribution in [0, 0.1) is 19.7 Å². The molecule has 3 rings (SSSR count). The van der Waals surface area contributed by atoms with Gasteiger partial charge in [-0.3, -0.25) is 4.79 Å². The maximum atomic E-state index is 13.2. The molecule has 1 aliphatic carbocycles. The Kier molecular flexibility index (Phi) is 5.69. The van der Waals surface area contributed by atoms with E-state index in [9.17, 15) is 9.18 Å². The monoisotopic (exact) mass is 342 g/mol. The number of aromatic nitrogens is 1. The van der Waals surface area contributed by atoms with Crippen LogP contribution in [0.25, 0.3) is 5.69 Å². The fourth-order valence-corrected chi connectivity index (χ4v) is 3.85. The van der Waals surface area contributed by atoms with Crippen molar-refractivity contribution < 1.29 is 9.18 Å². The maximum Gasteiger partial charge on any atom is 0.178 e. The lowest BCUT2D eigenvalue weighted by atomic mass is 10.1. The first-order valence-electron chi connectivity index (χ1n) is 9.27. The van der Waals surface area contributed by atoms with Crippen LogP contribution in [0.2, 0.25) is 0 Å². The predicted molar refractivity (Wildman–Crippen MR) is 99.0 cm³/mol. The van der Waals surface area contributed by atoms with Crippen LogP contribution in [0.1, 0.15) is 60.3 Å². The number of carbonyl (C=O) groups excluding carboxylic acids is 1. The Labute approximate surface area is 149 Å². The van der Waals surface area contributed by atoms with E-state index in [0.717, 1.165) is 22.6 Å².